The van der Waals surface area contributed by atoms with E-state index in [9.17, 15) is 14.0 Å². The summed E-state index contributed by atoms with van der Waals surface area (Å²) in [6, 6.07) is 21.1. The third-order valence-electron chi connectivity index (χ3n) is 7.75. The van der Waals surface area contributed by atoms with Gasteiger partial charge in [-0.15, -0.1) is 0 Å². The van der Waals surface area contributed by atoms with Crippen LogP contribution in [0.15, 0.2) is 72.8 Å². The van der Waals surface area contributed by atoms with Crippen LogP contribution in [-0.2, 0) is 6.54 Å². The highest BCUT2D eigenvalue weighted by Gasteiger charge is 2.25. The van der Waals surface area contributed by atoms with Crippen molar-refractivity contribution in [2.45, 2.75) is 44.3 Å². The van der Waals surface area contributed by atoms with E-state index < -0.39 is 0 Å². The van der Waals surface area contributed by atoms with Gasteiger partial charge >= 0.3 is 0 Å². The summed E-state index contributed by atoms with van der Waals surface area (Å²) in [7, 11) is 0. The number of carbonyl (C=O) groups is 2. The van der Waals surface area contributed by atoms with Gasteiger partial charge in [-0.05, 0) is 66.9 Å². The van der Waals surface area contributed by atoms with Crippen LogP contribution in [0.25, 0.3) is 0 Å². The van der Waals surface area contributed by atoms with E-state index in [4.69, 9.17) is 5.73 Å². The molecular weight excluding hydrogens is 493 g/mol. The summed E-state index contributed by atoms with van der Waals surface area (Å²) < 4.78 is 13.3. The Morgan fingerprint density at radius 2 is 1.56 bits per heavy atom. The molecule has 8 heteroatoms. The van der Waals surface area contributed by atoms with Gasteiger partial charge in [-0.2, -0.15) is 0 Å². The first-order valence-corrected chi connectivity index (χ1v) is 13.7. The van der Waals surface area contributed by atoms with Gasteiger partial charge in [-0.1, -0.05) is 37.1 Å². The number of nitrogens with zero attached hydrogens (tertiary/aromatic N) is 2. The Hall–Kier alpha value is -3.75. The average molecular weight is 530 g/mol. The molecule has 2 fully saturated rings. The monoisotopic (exact) mass is 529 g/mol. The van der Waals surface area contributed by atoms with Crippen LogP contribution in [0.1, 0.15) is 52.0 Å². The Balaban J connectivity index is 1.30. The molecule has 2 atom stereocenters. The Morgan fingerprint density at radius 1 is 0.846 bits per heavy atom. The molecule has 1 saturated heterocycles. The van der Waals surface area contributed by atoms with Crippen LogP contribution in [0, 0.1) is 5.82 Å². The van der Waals surface area contributed by atoms with Crippen molar-refractivity contribution in [1.82, 2.24) is 10.2 Å². The first-order valence-electron chi connectivity index (χ1n) is 13.7. The van der Waals surface area contributed by atoms with Crippen molar-refractivity contribution in [3.05, 3.63) is 95.3 Å². The molecule has 1 heterocycles. The Labute approximate surface area is 229 Å². The lowest BCUT2D eigenvalue weighted by Gasteiger charge is -2.36. The van der Waals surface area contributed by atoms with E-state index in [1.807, 2.05) is 42.5 Å². The van der Waals surface area contributed by atoms with E-state index in [-0.39, 0.29) is 29.7 Å². The molecule has 3 aromatic rings. The molecule has 1 aliphatic heterocycles. The second-order valence-electron chi connectivity index (χ2n) is 10.5. The predicted octanol–water partition coefficient (Wildman–Crippen LogP) is 4.40. The van der Waals surface area contributed by atoms with Gasteiger partial charge in [-0.3, -0.25) is 14.5 Å². The van der Waals surface area contributed by atoms with Crippen LogP contribution >= 0.6 is 0 Å². The van der Waals surface area contributed by atoms with Crippen LogP contribution in [-0.4, -0.2) is 55.0 Å². The van der Waals surface area contributed by atoms with Gasteiger partial charge in [0.1, 0.15) is 5.82 Å². The molecule has 1 saturated carbocycles. The Morgan fingerprint density at radius 3 is 2.28 bits per heavy atom. The number of nitrogens with two attached hydrogens (primary N) is 1. The molecule has 2 amide bonds. The van der Waals surface area contributed by atoms with Crippen LogP contribution < -0.4 is 21.3 Å². The number of piperazine rings is 1. The molecule has 204 valence electrons. The van der Waals surface area contributed by atoms with Crippen molar-refractivity contribution in [2.75, 3.05) is 36.4 Å². The molecular formula is C31H36FN5O2. The molecule has 0 radical (unpaired) electrons. The quantitative estimate of drug-likeness (QED) is 0.422. The van der Waals surface area contributed by atoms with Gasteiger partial charge < -0.3 is 21.3 Å². The summed E-state index contributed by atoms with van der Waals surface area (Å²) in [4.78, 5) is 30.8. The zero-order valence-electron chi connectivity index (χ0n) is 22.1. The molecule has 1 aliphatic carbocycles. The number of hydrogen-bond acceptors (Lipinski definition) is 5. The van der Waals surface area contributed by atoms with Gasteiger partial charge in [0.25, 0.3) is 11.8 Å². The van der Waals surface area contributed by atoms with Gasteiger partial charge in [-0.25, -0.2) is 4.39 Å². The van der Waals surface area contributed by atoms with Gasteiger partial charge in [0, 0.05) is 67.3 Å². The molecule has 5 rings (SSSR count). The van der Waals surface area contributed by atoms with Crippen LogP contribution in [0.4, 0.5) is 15.8 Å². The van der Waals surface area contributed by atoms with E-state index >= 15 is 0 Å². The smallest absolute Gasteiger partial charge is 0.255 e. The number of carbonyl (C=O) groups excluding carboxylic acids is 2. The minimum absolute atomic E-state index is 0.0344. The molecule has 2 aliphatic rings. The molecule has 39 heavy (non-hydrogen) atoms. The average Bonchev–Trinajstić information content (AvgIpc) is 2.96. The van der Waals surface area contributed by atoms with E-state index in [1.165, 1.54) is 12.1 Å². The zero-order valence-corrected chi connectivity index (χ0v) is 22.1. The maximum Gasteiger partial charge on any atom is 0.255 e. The first-order chi connectivity index (χ1) is 19.0. The number of hydrogen-bond donors (Lipinski definition) is 3. The highest BCUT2D eigenvalue weighted by Crippen LogP contribution is 2.24. The number of anilines is 2. The fraction of sp³-hybridized carbons (Fsp3) is 0.355. The number of amides is 2. The normalized spacial score (nSPS) is 19.9. The van der Waals surface area contributed by atoms with Crippen molar-refractivity contribution >= 4 is 23.2 Å². The third-order valence-corrected chi connectivity index (χ3v) is 7.75. The summed E-state index contributed by atoms with van der Waals surface area (Å²) >= 11 is 0. The zero-order chi connectivity index (χ0) is 27.2. The molecule has 4 N–H and O–H groups in total. The summed E-state index contributed by atoms with van der Waals surface area (Å²) in [5, 5.41) is 6.15. The molecule has 0 aromatic heterocycles. The standard InChI is InChI=1S/C31H36FN5O2/c32-25-12-14-26(15-13-25)37-18-16-36(17-19-37)21-24-11-10-23(31(39)34-28-9-5-4-8-27(28)33)20-29(24)35-30(38)22-6-2-1-3-7-22/h1-3,6-7,10-15,20,27-28H,4-5,8-9,16-19,21,33H2,(H,34,39)(H,35,38). The summed E-state index contributed by atoms with van der Waals surface area (Å²) in [5.74, 6) is -0.627. The van der Waals surface area contributed by atoms with Crippen molar-refractivity contribution < 1.29 is 14.0 Å². The summed E-state index contributed by atoms with van der Waals surface area (Å²) in [6.07, 6.45) is 3.95. The SMILES string of the molecule is NC1CCCCC1NC(=O)c1ccc(CN2CCN(c3ccc(F)cc3)CC2)c(NC(=O)c2ccccc2)c1. The van der Waals surface area contributed by atoms with E-state index in [2.05, 4.69) is 20.4 Å². The lowest BCUT2D eigenvalue weighted by molar-refractivity contribution is 0.0920. The summed E-state index contributed by atoms with van der Waals surface area (Å²) in [5.41, 5.74) is 9.89. The minimum Gasteiger partial charge on any atom is -0.369 e. The van der Waals surface area contributed by atoms with Gasteiger partial charge in [0.15, 0.2) is 0 Å². The highest BCUT2D eigenvalue weighted by molar-refractivity contribution is 6.05. The predicted molar refractivity (Wildman–Crippen MR) is 152 cm³/mol. The lowest BCUT2D eigenvalue weighted by Crippen LogP contribution is -2.49. The Kier molecular flexibility index (Phi) is 8.54. The number of nitrogens with one attached hydrogen (secondary N) is 2. The number of halogens is 1. The second-order valence-corrected chi connectivity index (χ2v) is 10.5. The second kappa shape index (κ2) is 12.4. The topological polar surface area (TPSA) is 90.7 Å². The molecule has 2 unspecified atom stereocenters. The molecule has 7 nitrogen and oxygen atoms in total. The molecule has 3 aromatic carbocycles. The van der Waals surface area contributed by atoms with Gasteiger partial charge in [0.05, 0.1) is 0 Å². The Bertz CT molecular complexity index is 1280. The van der Waals surface area contributed by atoms with Crippen LogP contribution in [0.2, 0.25) is 0 Å². The first kappa shape index (κ1) is 26.8. The maximum atomic E-state index is 13.3. The summed E-state index contributed by atoms with van der Waals surface area (Å²) in [6.45, 7) is 3.92. The van der Waals surface area contributed by atoms with Crippen LogP contribution in [0.3, 0.4) is 0 Å². The van der Waals surface area contributed by atoms with E-state index in [0.717, 1.165) is 63.1 Å². The fourth-order valence-electron chi connectivity index (χ4n) is 5.40. The van der Waals surface area contributed by atoms with Crippen LogP contribution in [0.5, 0.6) is 0 Å². The number of rotatable bonds is 7. The minimum atomic E-state index is -0.235. The van der Waals surface area contributed by atoms with Crippen molar-refractivity contribution in [3.8, 4) is 0 Å². The number of benzene rings is 3. The van der Waals surface area contributed by atoms with E-state index in [1.54, 1.807) is 18.2 Å². The van der Waals surface area contributed by atoms with Crippen molar-refractivity contribution in [3.63, 3.8) is 0 Å². The highest BCUT2D eigenvalue weighted by atomic mass is 19.1. The van der Waals surface area contributed by atoms with E-state index in [0.29, 0.717) is 23.4 Å². The molecule has 0 bridgehead atoms. The van der Waals surface area contributed by atoms with Crippen molar-refractivity contribution in [1.29, 1.82) is 0 Å². The largest absolute Gasteiger partial charge is 0.369 e. The van der Waals surface area contributed by atoms with Crippen molar-refractivity contribution in [2.24, 2.45) is 5.73 Å². The maximum absolute atomic E-state index is 13.3. The fourth-order valence-corrected chi connectivity index (χ4v) is 5.40. The van der Waals surface area contributed by atoms with Gasteiger partial charge in [0.2, 0.25) is 0 Å². The third kappa shape index (κ3) is 6.82. The lowest BCUT2D eigenvalue weighted by atomic mass is 9.91. The molecule has 0 spiro atoms.